The fourth-order valence-electron chi connectivity index (χ4n) is 1.64. The number of nitrogens with one attached hydrogen (secondary N) is 1. The summed E-state index contributed by atoms with van der Waals surface area (Å²) < 4.78 is 2.03. The van der Waals surface area contributed by atoms with E-state index >= 15 is 0 Å². The molecule has 1 atom stereocenters. The van der Waals surface area contributed by atoms with Gasteiger partial charge in [0.1, 0.15) is 12.4 Å². The molecule has 2 heterocycles. The summed E-state index contributed by atoms with van der Waals surface area (Å²) in [6.45, 7) is 4.56. The maximum Gasteiger partial charge on any atom is 0.262 e. The molecule has 1 aliphatic heterocycles. The number of nitrogens with zero attached hydrogens (tertiary/aromatic N) is 3. The molecule has 17 heavy (non-hydrogen) atoms. The van der Waals surface area contributed by atoms with E-state index in [1.54, 1.807) is 6.34 Å². The molecule has 1 amide bonds. The predicted molar refractivity (Wildman–Crippen MR) is 67.3 cm³/mol. The molecule has 1 N–H and O–H groups in total. The predicted octanol–water partition coefficient (Wildman–Crippen LogP) is 1.03. The zero-order valence-corrected chi connectivity index (χ0v) is 10.00. The van der Waals surface area contributed by atoms with Gasteiger partial charge in [0.2, 0.25) is 0 Å². The Kier molecular flexibility index (Phi) is 3.27. The van der Waals surface area contributed by atoms with Crippen LogP contribution in [0, 0.1) is 6.92 Å². The van der Waals surface area contributed by atoms with Gasteiger partial charge in [-0.25, -0.2) is 5.43 Å². The lowest BCUT2D eigenvalue weighted by Crippen LogP contribution is -2.47. The van der Waals surface area contributed by atoms with E-state index in [0.717, 1.165) is 0 Å². The molecule has 0 bridgehead atoms. The van der Waals surface area contributed by atoms with E-state index in [4.69, 9.17) is 0 Å². The smallest absolute Gasteiger partial charge is 0.262 e. The Labute approximate surface area is 100 Å². The van der Waals surface area contributed by atoms with Gasteiger partial charge in [0.25, 0.3) is 5.91 Å². The summed E-state index contributed by atoms with van der Waals surface area (Å²) in [5.74, 6) is -0.0713. The Hall–Kier alpha value is -2.04. The number of hydrazone groups is 1. The molecule has 5 heteroatoms. The Bertz CT molecular complexity index is 461. The maximum atomic E-state index is 11.4. The van der Waals surface area contributed by atoms with E-state index in [2.05, 4.69) is 10.5 Å². The van der Waals surface area contributed by atoms with Crippen molar-refractivity contribution in [3.8, 4) is 0 Å². The standard InChI is InChI=1S/C12H16N4O/c1-10-5-3-6-15(10)7-4-8-16-9-13-14-12(17)11(16)2/h3-7,9,11H,8H2,1-2H3,(H,14,17)/b7-4+. The number of hydrogen-bond acceptors (Lipinski definition) is 3. The summed E-state index contributed by atoms with van der Waals surface area (Å²) in [7, 11) is 0. The Morgan fingerprint density at radius 1 is 1.59 bits per heavy atom. The summed E-state index contributed by atoms with van der Waals surface area (Å²) in [5, 5.41) is 3.78. The number of aryl methyl sites for hydroxylation is 1. The van der Waals surface area contributed by atoms with Crippen molar-refractivity contribution in [3.05, 3.63) is 30.1 Å². The van der Waals surface area contributed by atoms with Gasteiger partial charge < -0.3 is 9.47 Å². The van der Waals surface area contributed by atoms with Crippen molar-refractivity contribution in [2.45, 2.75) is 19.9 Å². The van der Waals surface area contributed by atoms with Crippen LogP contribution in [0.2, 0.25) is 0 Å². The first kappa shape index (κ1) is 11.4. The third-order valence-corrected chi connectivity index (χ3v) is 2.83. The summed E-state index contributed by atoms with van der Waals surface area (Å²) in [5.41, 5.74) is 3.61. The van der Waals surface area contributed by atoms with Crippen LogP contribution in [0.25, 0.3) is 6.20 Å². The van der Waals surface area contributed by atoms with Crippen molar-refractivity contribution in [2.75, 3.05) is 6.54 Å². The highest BCUT2D eigenvalue weighted by atomic mass is 16.2. The van der Waals surface area contributed by atoms with Gasteiger partial charge in [0, 0.05) is 24.6 Å². The first-order valence-corrected chi connectivity index (χ1v) is 5.57. The average molecular weight is 232 g/mol. The largest absolute Gasteiger partial charge is 0.346 e. The van der Waals surface area contributed by atoms with Crippen LogP contribution in [0.4, 0.5) is 0 Å². The lowest BCUT2D eigenvalue weighted by molar-refractivity contribution is -0.125. The van der Waals surface area contributed by atoms with Crippen LogP contribution in [0.15, 0.2) is 29.5 Å². The van der Waals surface area contributed by atoms with Crippen molar-refractivity contribution in [1.29, 1.82) is 0 Å². The van der Waals surface area contributed by atoms with Gasteiger partial charge in [-0.1, -0.05) is 0 Å². The third-order valence-electron chi connectivity index (χ3n) is 2.83. The quantitative estimate of drug-likeness (QED) is 0.846. The topological polar surface area (TPSA) is 49.6 Å². The molecule has 0 saturated carbocycles. The highest BCUT2D eigenvalue weighted by Crippen LogP contribution is 2.03. The average Bonchev–Trinajstić information content (AvgIpc) is 2.71. The third kappa shape index (κ3) is 2.55. The molecule has 90 valence electrons. The van der Waals surface area contributed by atoms with Gasteiger partial charge in [-0.2, -0.15) is 5.10 Å². The van der Waals surface area contributed by atoms with Crippen LogP contribution in [0.5, 0.6) is 0 Å². The second kappa shape index (κ2) is 4.86. The van der Waals surface area contributed by atoms with Crippen molar-refractivity contribution in [1.82, 2.24) is 14.9 Å². The number of carbonyl (C=O) groups is 1. The van der Waals surface area contributed by atoms with Gasteiger partial charge in [0.15, 0.2) is 0 Å². The number of hydrogen-bond donors (Lipinski definition) is 1. The van der Waals surface area contributed by atoms with E-state index in [-0.39, 0.29) is 11.9 Å². The second-order valence-electron chi connectivity index (χ2n) is 4.04. The monoisotopic (exact) mass is 232 g/mol. The number of rotatable bonds is 3. The lowest BCUT2D eigenvalue weighted by atomic mass is 10.2. The van der Waals surface area contributed by atoms with Crippen molar-refractivity contribution >= 4 is 18.4 Å². The zero-order valence-electron chi connectivity index (χ0n) is 10.00. The summed E-state index contributed by atoms with van der Waals surface area (Å²) in [4.78, 5) is 13.2. The minimum Gasteiger partial charge on any atom is -0.346 e. The second-order valence-corrected chi connectivity index (χ2v) is 4.04. The van der Waals surface area contributed by atoms with Gasteiger partial charge in [-0.05, 0) is 32.1 Å². The minimum absolute atomic E-state index is 0.0713. The molecule has 0 aliphatic carbocycles. The van der Waals surface area contributed by atoms with Crippen LogP contribution in [-0.2, 0) is 4.79 Å². The van der Waals surface area contributed by atoms with Crippen LogP contribution in [0.3, 0.4) is 0 Å². The van der Waals surface area contributed by atoms with E-state index < -0.39 is 0 Å². The first-order chi connectivity index (χ1) is 8.18. The molecule has 0 spiro atoms. The number of carbonyl (C=O) groups excluding carboxylic acids is 1. The Morgan fingerprint density at radius 2 is 2.41 bits per heavy atom. The van der Waals surface area contributed by atoms with Gasteiger partial charge >= 0.3 is 0 Å². The molecule has 2 rings (SSSR count). The normalized spacial score (nSPS) is 20.0. The van der Waals surface area contributed by atoms with Crippen LogP contribution in [-0.4, -0.2) is 34.3 Å². The minimum atomic E-state index is -0.178. The van der Waals surface area contributed by atoms with Crippen molar-refractivity contribution in [3.63, 3.8) is 0 Å². The number of amides is 1. The van der Waals surface area contributed by atoms with Crippen LogP contribution in [0.1, 0.15) is 12.6 Å². The first-order valence-electron chi connectivity index (χ1n) is 5.57. The SMILES string of the molecule is Cc1cccn1/C=C/CN1C=NNC(=O)C1C. The molecule has 1 aromatic heterocycles. The summed E-state index contributed by atoms with van der Waals surface area (Å²) in [6, 6.07) is 3.86. The van der Waals surface area contributed by atoms with E-state index in [9.17, 15) is 4.79 Å². The summed E-state index contributed by atoms with van der Waals surface area (Å²) >= 11 is 0. The van der Waals surface area contributed by atoms with E-state index in [1.165, 1.54) is 5.69 Å². The maximum absolute atomic E-state index is 11.4. The van der Waals surface area contributed by atoms with Crippen LogP contribution < -0.4 is 5.43 Å². The number of aromatic nitrogens is 1. The Morgan fingerprint density at radius 3 is 3.12 bits per heavy atom. The van der Waals surface area contributed by atoms with E-state index in [0.29, 0.717) is 6.54 Å². The zero-order chi connectivity index (χ0) is 12.3. The molecule has 0 saturated heterocycles. The lowest BCUT2D eigenvalue weighted by Gasteiger charge is -2.27. The molecular weight excluding hydrogens is 216 g/mol. The fraction of sp³-hybridized carbons (Fsp3) is 0.333. The molecular formula is C12H16N4O. The van der Waals surface area contributed by atoms with Crippen molar-refractivity contribution < 1.29 is 4.79 Å². The highest BCUT2D eigenvalue weighted by molar-refractivity contribution is 5.86. The highest BCUT2D eigenvalue weighted by Gasteiger charge is 2.20. The fourth-order valence-corrected chi connectivity index (χ4v) is 1.64. The molecule has 0 fully saturated rings. The Balaban J connectivity index is 1.96. The molecule has 1 unspecified atom stereocenters. The molecule has 0 aromatic carbocycles. The molecule has 1 aliphatic rings. The van der Waals surface area contributed by atoms with Crippen molar-refractivity contribution in [2.24, 2.45) is 5.10 Å². The summed E-state index contributed by atoms with van der Waals surface area (Å²) in [6.07, 6.45) is 7.64. The molecule has 0 radical (unpaired) electrons. The van der Waals surface area contributed by atoms with E-state index in [1.807, 2.05) is 53.9 Å². The molecule has 1 aromatic rings. The van der Waals surface area contributed by atoms with Crippen LogP contribution >= 0.6 is 0 Å². The van der Waals surface area contributed by atoms with Gasteiger partial charge in [0.05, 0.1) is 0 Å². The molecule has 5 nitrogen and oxygen atoms in total. The van der Waals surface area contributed by atoms with Gasteiger partial charge in [-0.3, -0.25) is 4.79 Å². The van der Waals surface area contributed by atoms with Gasteiger partial charge in [-0.15, -0.1) is 0 Å².